The molecule has 0 aliphatic heterocycles. The molecule has 0 bridgehead atoms. The van der Waals surface area contributed by atoms with E-state index in [1.165, 1.54) is 12.1 Å². The Balaban J connectivity index is 1.84. The molecule has 0 fully saturated rings. The van der Waals surface area contributed by atoms with E-state index in [0.717, 1.165) is 24.3 Å². The van der Waals surface area contributed by atoms with E-state index in [1.807, 2.05) is 17.8 Å². The molecular formula is C14H18FN3O. The number of aromatic nitrogens is 2. The van der Waals surface area contributed by atoms with Crippen LogP contribution in [0.25, 0.3) is 0 Å². The lowest BCUT2D eigenvalue weighted by atomic mass is 10.2. The van der Waals surface area contributed by atoms with E-state index in [1.54, 1.807) is 18.6 Å². The average molecular weight is 263 g/mol. The molecule has 0 saturated heterocycles. The van der Waals surface area contributed by atoms with Crippen molar-refractivity contribution in [2.45, 2.75) is 19.5 Å². The molecule has 0 atom stereocenters. The maximum Gasteiger partial charge on any atom is 0.123 e. The van der Waals surface area contributed by atoms with E-state index in [0.29, 0.717) is 13.2 Å². The minimum absolute atomic E-state index is 0.240. The van der Waals surface area contributed by atoms with Crippen LogP contribution >= 0.6 is 0 Å². The molecule has 19 heavy (non-hydrogen) atoms. The van der Waals surface area contributed by atoms with Gasteiger partial charge in [-0.3, -0.25) is 0 Å². The summed E-state index contributed by atoms with van der Waals surface area (Å²) in [4.78, 5) is 3.98. The molecule has 0 unspecified atom stereocenters. The summed E-state index contributed by atoms with van der Waals surface area (Å²) in [6.45, 7) is 2.05. The summed E-state index contributed by atoms with van der Waals surface area (Å²) in [7, 11) is 1.83. The number of hydrogen-bond donors (Lipinski definition) is 1. The molecule has 1 aromatic heterocycles. The van der Waals surface area contributed by atoms with Crippen molar-refractivity contribution in [3.8, 4) is 5.75 Å². The van der Waals surface area contributed by atoms with Gasteiger partial charge in [0.25, 0.3) is 0 Å². The molecule has 0 aliphatic rings. The lowest BCUT2D eigenvalue weighted by Crippen LogP contribution is -2.09. The van der Waals surface area contributed by atoms with E-state index >= 15 is 0 Å². The Morgan fingerprint density at radius 2 is 2.32 bits per heavy atom. The van der Waals surface area contributed by atoms with Crippen LogP contribution in [0.2, 0.25) is 0 Å². The molecule has 2 rings (SSSR count). The van der Waals surface area contributed by atoms with E-state index in [4.69, 9.17) is 4.74 Å². The van der Waals surface area contributed by atoms with Crippen molar-refractivity contribution in [3.05, 3.63) is 48.3 Å². The number of aryl methyl sites for hydroxylation is 1. The first kappa shape index (κ1) is 13.5. The lowest BCUT2D eigenvalue weighted by molar-refractivity contribution is 0.298. The zero-order valence-electron chi connectivity index (χ0n) is 11.0. The first-order chi connectivity index (χ1) is 9.29. The quantitative estimate of drug-likeness (QED) is 0.778. The minimum Gasteiger partial charge on any atom is -0.493 e. The minimum atomic E-state index is -0.240. The average Bonchev–Trinajstić information content (AvgIpc) is 2.90. The van der Waals surface area contributed by atoms with Gasteiger partial charge < -0.3 is 14.6 Å². The van der Waals surface area contributed by atoms with Crippen LogP contribution < -0.4 is 10.1 Å². The highest BCUT2D eigenvalue weighted by molar-refractivity contribution is 5.33. The van der Waals surface area contributed by atoms with Gasteiger partial charge in [0.15, 0.2) is 0 Å². The normalized spacial score (nSPS) is 10.6. The van der Waals surface area contributed by atoms with E-state index in [9.17, 15) is 4.39 Å². The highest BCUT2D eigenvalue weighted by atomic mass is 19.1. The third kappa shape index (κ3) is 4.06. The number of halogens is 1. The Labute approximate surface area is 112 Å². The van der Waals surface area contributed by atoms with Crippen molar-refractivity contribution in [1.29, 1.82) is 0 Å². The summed E-state index contributed by atoms with van der Waals surface area (Å²) in [5.41, 5.74) is 0.838. The van der Waals surface area contributed by atoms with Gasteiger partial charge in [0.2, 0.25) is 0 Å². The van der Waals surface area contributed by atoms with Crippen molar-refractivity contribution < 1.29 is 9.13 Å². The van der Waals surface area contributed by atoms with Gasteiger partial charge in [0, 0.05) is 31.0 Å². The third-order valence-electron chi connectivity index (χ3n) is 2.77. The number of ether oxygens (including phenoxy) is 1. The highest BCUT2D eigenvalue weighted by Gasteiger charge is 2.04. The van der Waals surface area contributed by atoms with Gasteiger partial charge in [0.05, 0.1) is 12.9 Å². The SMILES string of the molecule is CNCc1cc(F)ccc1OCCCn1ccnc1. The topological polar surface area (TPSA) is 39.1 Å². The predicted octanol–water partition coefficient (Wildman–Crippen LogP) is 2.21. The van der Waals surface area contributed by atoms with Crippen molar-refractivity contribution in [3.63, 3.8) is 0 Å². The Bertz CT molecular complexity index is 499. The van der Waals surface area contributed by atoms with Crippen LogP contribution in [0.3, 0.4) is 0 Å². The van der Waals surface area contributed by atoms with Gasteiger partial charge in [-0.1, -0.05) is 0 Å². The maximum absolute atomic E-state index is 13.2. The van der Waals surface area contributed by atoms with Gasteiger partial charge in [0.1, 0.15) is 11.6 Å². The number of imidazole rings is 1. The van der Waals surface area contributed by atoms with Gasteiger partial charge >= 0.3 is 0 Å². The van der Waals surface area contributed by atoms with E-state index in [-0.39, 0.29) is 5.82 Å². The summed E-state index contributed by atoms with van der Waals surface area (Å²) in [6, 6.07) is 4.60. The largest absolute Gasteiger partial charge is 0.493 e. The van der Waals surface area contributed by atoms with Crippen LogP contribution in [0.1, 0.15) is 12.0 Å². The first-order valence-electron chi connectivity index (χ1n) is 6.31. The standard InChI is InChI=1S/C14H18FN3O/c1-16-10-12-9-13(15)3-4-14(12)19-8-2-6-18-7-5-17-11-18/h3-5,7,9,11,16H,2,6,8,10H2,1H3. The van der Waals surface area contributed by atoms with Crippen LogP contribution in [-0.2, 0) is 13.1 Å². The van der Waals surface area contributed by atoms with Gasteiger partial charge in [-0.2, -0.15) is 0 Å². The van der Waals surface area contributed by atoms with Gasteiger partial charge in [-0.15, -0.1) is 0 Å². The maximum atomic E-state index is 13.2. The Kier molecular flexibility index (Phi) is 4.92. The molecule has 5 heteroatoms. The summed E-state index contributed by atoms with van der Waals surface area (Å²) in [5.74, 6) is 0.498. The number of benzene rings is 1. The number of rotatable bonds is 7. The molecule has 1 aromatic carbocycles. The molecule has 0 aliphatic carbocycles. The summed E-state index contributed by atoms with van der Waals surface area (Å²) in [5, 5.41) is 3.01. The van der Waals surface area contributed by atoms with Crippen LogP contribution in [0, 0.1) is 5.82 Å². The molecule has 102 valence electrons. The summed E-state index contributed by atoms with van der Waals surface area (Å²) >= 11 is 0. The molecule has 0 radical (unpaired) electrons. The second kappa shape index (κ2) is 6.89. The molecule has 2 aromatic rings. The molecule has 1 heterocycles. The second-order valence-corrected chi connectivity index (χ2v) is 4.28. The zero-order chi connectivity index (χ0) is 13.5. The third-order valence-corrected chi connectivity index (χ3v) is 2.77. The first-order valence-corrected chi connectivity index (χ1v) is 6.31. The molecule has 4 nitrogen and oxygen atoms in total. The van der Waals surface area contributed by atoms with Crippen LogP contribution in [-0.4, -0.2) is 23.2 Å². The van der Waals surface area contributed by atoms with E-state index in [2.05, 4.69) is 10.3 Å². The lowest BCUT2D eigenvalue weighted by Gasteiger charge is -2.11. The number of nitrogens with one attached hydrogen (secondary N) is 1. The van der Waals surface area contributed by atoms with Crippen molar-refractivity contribution in [2.24, 2.45) is 0 Å². The number of nitrogens with zero attached hydrogens (tertiary/aromatic N) is 2. The number of hydrogen-bond acceptors (Lipinski definition) is 3. The molecule has 0 amide bonds. The molecule has 0 spiro atoms. The fourth-order valence-electron chi connectivity index (χ4n) is 1.87. The second-order valence-electron chi connectivity index (χ2n) is 4.28. The molecule has 0 saturated carbocycles. The molecule has 1 N–H and O–H groups in total. The summed E-state index contributed by atoms with van der Waals surface area (Å²) < 4.78 is 20.9. The smallest absolute Gasteiger partial charge is 0.123 e. The van der Waals surface area contributed by atoms with Crippen LogP contribution in [0.4, 0.5) is 4.39 Å². The fourth-order valence-corrected chi connectivity index (χ4v) is 1.87. The monoisotopic (exact) mass is 263 g/mol. The van der Waals surface area contributed by atoms with E-state index < -0.39 is 0 Å². The van der Waals surface area contributed by atoms with Gasteiger partial charge in [-0.25, -0.2) is 9.37 Å². The van der Waals surface area contributed by atoms with Crippen molar-refractivity contribution in [1.82, 2.24) is 14.9 Å². The Morgan fingerprint density at radius 1 is 1.42 bits per heavy atom. The summed E-state index contributed by atoms with van der Waals surface area (Å²) in [6.07, 6.45) is 6.34. The van der Waals surface area contributed by atoms with Gasteiger partial charge in [-0.05, 0) is 31.7 Å². The Morgan fingerprint density at radius 3 is 3.05 bits per heavy atom. The predicted molar refractivity (Wildman–Crippen MR) is 71.5 cm³/mol. The van der Waals surface area contributed by atoms with Crippen LogP contribution in [0.5, 0.6) is 5.75 Å². The highest BCUT2D eigenvalue weighted by Crippen LogP contribution is 2.19. The Hall–Kier alpha value is -1.88. The van der Waals surface area contributed by atoms with Crippen LogP contribution in [0.15, 0.2) is 36.9 Å². The zero-order valence-corrected chi connectivity index (χ0v) is 11.0. The van der Waals surface area contributed by atoms with Crippen molar-refractivity contribution in [2.75, 3.05) is 13.7 Å². The molecular weight excluding hydrogens is 245 g/mol. The fraction of sp³-hybridized carbons (Fsp3) is 0.357. The van der Waals surface area contributed by atoms with Crippen molar-refractivity contribution >= 4 is 0 Å².